The number of aromatic amines is 1. The molecule has 3 amide bonds. The molecule has 0 aliphatic carbocycles. The number of fused-ring (bicyclic) bond motifs is 1. The van der Waals surface area contributed by atoms with Gasteiger partial charge in [-0.25, -0.2) is 9.78 Å². The Kier molecular flexibility index (Phi) is 6.11. The fourth-order valence-corrected chi connectivity index (χ4v) is 3.62. The topological polar surface area (TPSA) is 113 Å². The number of hydrogen-bond acceptors (Lipinski definition) is 3. The van der Waals surface area contributed by atoms with Crippen LogP contribution >= 0.6 is 23.2 Å². The third-order valence-corrected chi connectivity index (χ3v) is 5.43. The number of H-pyrrole nitrogens is 1. The van der Waals surface area contributed by atoms with E-state index < -0.39 is 28.7 Å². The predicted octanol–water partition coefficient (Wildman–Crippen LogP) is 6.30. The van der Waals surface area contributed by atoms with E-state index in [1.807, 2.05) is 0 Å². The van der Waals surface area contributed by atoms with Crippen LogP contribution in [-0.2, 0) is 6.18 Å². The average Bonchev–Trinajstić information content (AvgIpc) is 3.18. The van der Waals surface area contributed by atoms with Crippen molar-refractivity contribution in [3.05, 3.63) is 75.8 Å². The van der Waals surface area contributed by atoms with E-state index in [9.17, 15) is 22.8 Å². The molecular weight excluding hydrogens is 494 g/mol. The SMILES string of the molecule is NC(=O)c1ccc2nc(-c3cc(NC(=O)Nc4ccc(Cl)c(C(F)(F)F)c4)ccc3Cl)[nH]c2c1. The molecule has 0 bridgehead atoms. The lowest BCUT2D eigenvalue weighted by Crippen LogP contribution is -2.20. The molecule has 3 aromatic carbocycles. The number of carbonyl (C=O) groups is 2. The fraction of sp³-hybridized carbons (Fsp3) is 0.0455. The summed E-state index contributed by atoms with van der Waals surface area (Å²) in [5.74, 6) is -0.213. The van der Waals surface area contributed by atoms with Crippen molar-refractivity contribution >= 4 is 57.5 Å². The van der Waals surface area contributed by atoms with E-state index in [2.05, 4.69) is 20.6 Å². The number of hydrogen-bond donors (Lipinski definition) is 4. The smallest absolute Gasteiger partial charge is 0.366 e. The van der Waals surface area contributed by atoms with Gasteiger partial charge in [-0.05, 0) is 54.6 Å². The Morgan fingerprint density at radius 3 is 2.21 bits per heavy atom. The zero-order valence-electron chi connectivity index (χ0n) is 16.9. The van der Waals surface area contributed by atoms with Gasteiger partial charge >= 0.3 is 12.2 Å². The second-order valence-electron chi connectivity index (χ2n) is 7.15. The number of imidazole rings is 1. The zero-order chi connectivity index (χ0) is 24.6. The Hall–Kier alpha value is -3.76. The highest BCUT2D eigenvalue weighted by atomic mass is 35.5. The van der Waals surface area contributed by atoms with Crippen molar-refractivity contribution in [1.82, 2.24) is 9.97 Å². The Balaban J connectivity index is 1.56. The van der Waals surface area contributed by atoms with Gasteiger partial charge in [0.15, 0.2) is 0 Å². The molecule has 4 rings (SSSR count). The molecule has 5 N–H and O–H groups in total. The summed E-state index contributed by atoms with van der Waals surface area (Å²) >= 11 is 11.9. The number of urea groups is 1. The Labute approximate surface area is 200 Å². The van der Waals surface area contributed by atoms with Crippen LogP contribution < -0.4 is 16.4 Å². The Morgan fingerprint density at radius 1 is 0.912 bits per heavy atom. The lowest BCUT2D eigenvalue weighted by atomic mass is 10.2. The molecule has 0 spiro atoms. The van der Waals surface area contributed by atoms with Crippen LogP contribution in [0.4, 0.5) is 29.3 Å². The minimum atomic E-state index is -4.67. The maximum Gasteiger partial charge on any atom is 0.417 e. The number of nitrogens with zero attached hydrogens (tertiary/aromatic N) is 1. The number of nitrogens with two attached hydrogens (primary N) is 1. The van der Waals surface area contributed by atoms with E-state index in [-0.39, 0.29) is 5.69 Å². The van der Waals surface area contributed by atoms with E-state index in [1.165, 1.54) is 24.3 Å². The maximum absolute atomic E-state index is 13.0. The summed E-state index contributed by atoms with van der Waals surface area (Å²) in [6.45, 7) is 0. The summed E-state index contributed by atoms with van der Waals surface area (Å²) in [4.78, 5) is 31.2. The molecule has 4 aromatic rings. The van der Waals surface area contributed by atoms with Crippen molar-refractivity contribution in [2.24, 2.45) is 5.73 Å². The lowest BCUT2D eigenvalue weighted by Gasteiger charge is -2.13. The zero-order valence-corrected chi connectivity index (χ0v) is 18.4. The van der Waals surface area contributed by atoms with Gasteiger partial charge in [-0.15, -0.1) is 0 Å². The van der Waals surface area contributed by atoms with Gasteiger partial charge in [0, 0.05) is 22.5 Å². The number of nitrogens with one attached hydrogen (secondary N) is 3. The molecule has 0 aliphatic heterocycles. The fourth-order valence-electron chi connectivity index (χ4n) is 3.19. The number of benzene rings is 3. The van der Waals surface area contributed by atoms with E-state index in [0.717, 1.165) is 12.1 Å². The molecule has 0 saturated carbocycles. The van der Waals surface area contributed by atoms with Gasteiger partial charge in [-0.2, -0.15) is 13.2 Å². The van der Waals surface area contributed by atoms with E-state index >= 15 is 0 Å². The van der Waals surface area contributed by atoms with Crippen LogP contribution in [0.15, 0.2) is 54.6 Å². The standard InChI is InChI=1S/C22H14Cl2F3N5O2/c23-15-4-2-11(29-21(34)30-12-3-5-16(24)14(9-12)22(25,26)27)8-13(15)20-31-17-6-1-10(19(28)33)7-18(17)32-20/h1-9H,(H2,28,33)(H,31,32)(H2,29,30,34). The van der Waals surface area contributed by atoms with Crippen molar-refractivity contribution in [1.29, 1.82) is 0 Å². The highest BCUT2D eigenvalue weighted by molar-refractivity contribution is 6.33. The molecule has 34 heavy (non-hydrogen) atoms. The lowest BCUT2D eigenvalue weighted by molar-refractivity contribution is -0.137. The van der Waals surface area contributed by atoms with E-state index in [0.29, 0.717) is 38.7 Å². The van der Waals surface area contributed by atoms with Crippen molar-refractivity contribution < 1.29 is 22.8 Å². The van der Waals surface area contributed by atoms with Gasteiger partial charge in [0.05, 0.1) is 26.6 Å². The molecule has 0 aliphatic rings. The average molecular weight is 508 g/mol. The molecule has 0 atom stereocenters. The van der Waals surface area contributed by atoms with Crippen molar-refractivity contribution in [3.63, 3.8) is 0 Å². The van der Waals surface area contributed by atoms with Crippen molar-refractivity contribution in [3.8, 4) is 11.4 Å². The normalized spacial score (nSPS) is 11.4. The quantitative estimate of drug-likeness (QED) is 0.260. The number of alkyl halides is 3. The van der Waals surface area contributed by atoms with Gasteiger partial charge < -0.3 is 21.4 Å². The first-order chi connectivity index (χ1) is 16.0. The molecule has 1 heterocycles. The van der Waals surface area contributed by atoms with Gasteiger partial charge in [-0.1, -0.05) is 23.2 Å². The van der Waals surface area contributed by atoms with Crippen molar-refractivity contribution in [2.45, 2.75) is 6.18 Å². The molecular formula is C22H14Cl2F3N5O2. The van der Waals surface area contributed by atoms with Crippen LogP contribution in [0.2, 0.25) is 10.0 Å². The largest absolute Gasteiger partial charge is 0.417 e. The number of halogens is 5. The van der Waals surface area contributed by atoms with Crippen LogP contribution in [0.5, 0.6) is 0 Å². The first kappa shape index (κ1) is 23.4. The van der Waals surface area contributed by atoms with Crippen LogP contribution in [0.3, 0.4) is 0 Å². The molecule has 12 heteroatoms. The summed E-state index contributed by atoms with van der Waals surface area (Å²) in [7, 11) is 0. The third kappa shape index (κ3) is 4.92. The summed E-state index contributed by atoms with van der Waals surface area (Å²) < 4.78 is 39.1. The van der Waals surface area contributed by atoms with Crippen LogP contribution in [0.25, 0.3) is 22.4 Å². The Bertz CT molecular complexity index is 1440. The van der Waals surface area contributed by atoms with E-state index in [1.54, 1.807) is 18.2 Å². The summed E-state index contributed by atoms with van der Waals surface area (Å²) in [5.41, 5.74) is 6.32. The first-order valence-corrected chi connectivity index (χ1v) is 10.3. The summed E-state index contributed by atoms with van der Waals surface area (Å²) in [6, 6.07) is 11.6. The van der Waals surface area contributed by atoms with Gasteiger partial charge in [0.25, 0.3) is 0 Å². The number of primary amides is 1. The monoisotopic (exact) mass is 507 g/mol. The number of carbonyl (C=O) groups excluding carboxylic acids is 2. The van der Waals surface area contributed by atoms with Crippen LogP contribution in [-0.4, -0.2) is 21.9 Å². The highest BCUT2D eigenvalue weighted by Gasteiger charge is 2.33. The summed E-state index contributed by atoms with van der Waals surface area (Å²) in [5, 5.41) is 4.72. The van der Waals surface area contributed by atoms with Gasteiger partial charge in [0.2, 0.25) is 5.91 Å². The molecule has 0 saturated heterocycles. The minimum absolute atomic E-state index is 0.0917. The second-order valence-corrected chi connectivity index (χ2v) is 7.96. The molecule has 174 valence electrons. The number of aromatic nitrogens is 2. The molecule has 0 unspecified atom stereocenters. The highest BCUT2D eigenvalue weighted by Crippen LogP contribution is 2.36. The van der Waals surface area contributed by atoms with Gasteiger partial charge in [-0.3, -0.25) is 4.79 Å². The van der Waals surface area contributed by atoms with Crippen LogP contribution in [0, 0.1) is 0 Å². The third-order valence-electron chi connectivity index (χ3n) is 4.78. The van der Waals surface area contributed by atoms with E-state index in [4.69, 9.17) is 28.9 Å². The molecule has 0 radical (unpaired) electrons. The molecule has 7 nitrogen and oxygen atoms in total. The minimum Gasteiger partial charge on any atom is -0.366 e. The Morgan fingerprint density at radius 2 is 1.56 bits per heavy atom. The number of anilines is 2. The predicted molar refractivity (Wildman–Crippen MR) is 124 cm³/mol. The number of rotatable bonds is 4. The number of amides is 3. The maximum atomic E-state index is 13.0. The summed E-state index contributed by atoms with van der Waals surface area (Å²) in [6.07, 6.45) is -4.67. The molecule has 0 fully saturated rings. The first-order valence-electron chi connectivity index (χ1n) is 9.55. The second kappa shape index (κ2) is 8.88. The van der Waals surface area contributed by atoms with Crippen LogP contribution in [0.1, 0.15) is 15.9 Å². The van der Waals surface area contributed by atoms with Crippen molar-refractivity contribution in [2.75, 3.05) is 10.6 Å². The van der Waals surface area contributed by atoms with Gasteiger partial charge in [0.1, 0.15) is 5.82 Å². The molecule has 1 aromatic heterocycles.